The summed E-state index contributed by atoms with van der Waals surface area (Å²) in [5, 5.41) is 1.73. The van der Waals surface area contributed by atoms with Crippen LogP contribution in [0.5, 0.6) is 0 Å². The van der Waals surface area contributed by atoms with E-state index < -0.39 is 0 Å². The van der Waals surface area contributed by atoms with Crippen molar-refractivity contribution in [2.24, 2.45) is 0 Å². The quantitative estimate of drug-likeness (QED) is 0.737. The van der Waals surface area contributed by atoms with Crippen LogP contribution in [-0.4, -0.2) is 20.3 Å². The maximum atomic E-state index is 11.3. The molecule has 0 radical (unpaired) electrons. The maximum absolute atomic E-state index is 11.3. The number of benzene rings is 1. The van der Waals surface area contributed by atoms with Crippen LogP contribution in [0.3, 0.4) is 0 Å². The van der Waals surface area contributed by atoms with E-state index in [1.807, 2.05) is 24.3 Å². The lowest BCUT2D eigenvalue weighted by atomic mass is 10.3. The van der Waals surface area contributed by atoms with Crippen molar-refractivity contribution >= 4 is 23.5 Å². The van der Waals surface area contributed by atoms with Crippen molar-refractivity contribution in [3.63, 3.8) is 0 Å². The van der Waals surface area contributed by atoms with E-state index in [0.29, 0.717) is 0 Å². The van der Waals surface area contributed by atoms with Gasteiger partial charge in [0.05, 0.1) is 12.8 Å². The van der Waals surface area contributed by atoms with E-state index in [2.05, 4.69) is 11.3 Å². The Morgan fingerprint density at radius 2 is 2.20 bits per heavy atom. The molecule has 0 saturated heterocycles. The highest BCUT2D eigenvalue weighted by atomic mass is 32.2. The van der Waals surface area contributed by atoms with Crippen molar-refractivity contribution in [1.29, 1.82) is 0 Å². The minimum Gasteiger partial charge on any atom is -0.452 e. The van der Waals surface area contributed by atoms with Gasteiger partial charge in [0.2, 0.25) is 0 Å². The number of hydrogen-bond donors (Lipinski definition) is 0. The molecule has 0 aromatic heterocycles. The van der Waals surface area contributed by atoms with Crippen LogP contribution < -0.4 is 4.90 Å². The van der Waals surface area contributed by atoms with Gasteiger partial charge in [-0.3, -0.25) is 4.90 Å². The highest BCUT2D eigenvalue weighted by molar-refractivity contribution is 8.02. The predicted octanol–water partition coefficient (Wildman–Crippen LogP) is 3.12. The summed E-state index contributed by atoms with van der Waals surface area (Å²) in [5.41, 5.74) is 0.814. The summed E-state index contributed by atoms with van der Waals surface area (Å²) in [6.45, 7) is 3.65. The minimum absolute atomic E-state index is 0.382. The molecule has 0 N–H and O–H groups in total. The molecule has 15 heavy (non-hydrogen) atoms. The average Bonchev–Trinajstić information content (AvgIpc) is 2.28. The molecule has 1 aromatic carbocycles. The van der Waals surface area contributed by atoms with E-state index in [4.69, 9.17) is 0 Å². The summed E-state index contributed by atoms with van der Waals surface area (Å²) in [6, 6.07) is 7.59. The molecular weight excluding hydrogens is 210 g/mol. The van der Waals surface area contributed by atoms with Gasteiger partial charge < -0.3 is 4.74 Å². The van der Waals surface area contributed by atoms with E-state index in [9.17, 15) is 4.79 Å². The zero-order chi connectivity index (χ0) is 11.3. The smallest absolute Gasteiger partial charge is 0.413 e. The number of para-hydroxylation sites is 1. The summed E-state index contributed by atoms with van der Waals surface area (Å²) < 4.78 is 4.65. The van der Waals surface area contributed by atoms with Crippen LogP contribution in [0, 0.1) is 0 Å². The summed E-state index contributed by atoms with van der Waals surface area (Å²) in [4.78, 5) is 13.8. The van der Waals surface area contributed by atoms with Crippen LogP contribution in [0.15, 0.2) is 41.1 Å². The molecule has 1 aromatic rings. The van der Waals surface area contributed by atoms with Crippen molar-refractivity contribution in [1.82, 2.24) is 0 Å². The average molecular weight is 223 g/mol. The molecule has 1 rings (SSSR count). The highest BCUT2D eigenvalue weighted by Gasteiger charge is 2.13. The second-order valence-electron chi connectivity index (χ2n) is 2.78. The van der Waals surface area contributed by atoms with Crippen LogP contribution in [0.25, 0.3) is 0 Å². The molecule has 80 valence electrons. The number of amides is 1. The van der Waals surface area contributed by atoms with Gasteiger partial charge in [0, 0.05) is 11.9 Å². The molecule has 3 nitrogen and oxygen atoms in total. The zero-order valence-electron chi connectivity index (χ0n) is 8.77. The predicted molar refractivity (Wildman–Crippen MR) is 63.3 cm³/mol. The summed E-state index contributed by atoms with van der Waals surface area (Å²) in [6.07, 6.45) is -0.382. The van der Waals surface area contributed by atoms with Crippen LogP contribution >= 0.6 is 11.8 Å². The van der Waals surface area contributed by atoms with Crippen molar-refractivity contribution in [2.45, 2.75) is 4.90 Å². The molecule has 0 saturated carbocycles. The molecule has 4 heteroatoms. The van der Waals surface area contributed by atoms with Gasteiger partial charge >= 0.3 is 6.09 Å². The Balaban J connectivity index is 3.01. The van der Waals surface area contributed by atoms with E-state index in [1.54, 1.807) is 12.5 Å². The van der Waals surface area contributed by atoms with Gasteiger partial charge in [-0.25, -0.2) is 4.79 Å². The van der Waals surface area contributed by atoms with Crippen molar-refractivity contribution in [2.75, 3.05) is 19.1 Å². The van der Waals surface area contributed by atoms with E-state index in [0.717, 1.165) is 10.6 Å². The maximum Gasteiger partial charge on any atom is 0.413 e. The van der Waals surface area contributed by atoms with E-state index >= 15 is 0 Å². The summed E-state index contributed by atoms with van der Waals surface area (Å²) in [5.74, 6) is 0. The Labute approximate surface area is 93.7 Å². The minimum atomic E-state index is -0.382. The number of carbonyl (C=O) groups excluding carboxylic acids is 1. The zero-order valence-corrected chi connectivity index (χ0v) is 9.58. The number of hydrogen-bond acceptors (Lipinski definition) is 3. The second-order valence-corrected chi connectivity index (χ2v) is 3.79. The lowest BCUT2D eigenvalue weighted by Gasteiger charge is -2.18. The molecule has 0 aliphatic rings. The van der Waals surface area contributed by atoms with Crippen molar-refractivity contribution < 1.29 is 9.53 Å². The fraction of sp³-hybridized carbons (Fsp3) is 0.182. The molecule has 0 bridgehead atoms. The summed E-state index contributed by atoms with van der Waals surface area (Å²) in [7, 11) is 3.04. The number of nitrogens with zero attached hydrogens (tertiary/aromatic N) is 1. The van der Waals surface area contributed by atoms with Gasteiger partial charge in [-0.05, 0) is 17.5 Å². The Kier molecular flexibility index (Phi) is 4.24. The molecule has 0 fully saturated rings. The van der Waals surface area contributed by atoms with Gasteiger partial charge in [0.15, 0.2) is 0 Å². The molecule has 0 heterocycles. The Hall–Kier alpha value is -1.42. The number of rotatable bonds is 3. The number of ether oxygens (including phenoxy) is 1. The Morgan fingerprint density at radius 3 is 2.80 bits per heavy atom. The third kappa shape index (κ3) is 2.76. The first-order chi connectivity index (χ1) is 7.20. The number of anilines is 1. The monoisotopic (exact) mass is 223 g/mol. The molecule has 0 aliphatic heterocycles. The molecular formula is C11H13NO2S. The third-order valence-corrected chi connectivity index (χ3v) is 2.65. The highest BCUT2D eigenvalue weighted by Crippen LogP contribution is 2.29. The van der Waals surface area contributed by atoms with Gasteiger partial charge in [-0.2, -0.15) is 0 Å². The Bertz CT molecular complexity index is 365. The van der Waals surface area contributed by atoms with E-state index in [-0.39, 0.29) is 6.09 Å². The summed E-state index contributed by atoms with van der Waals surface area (Å²) >= 11 is 1.47. The van der Waals surface area contributed by atoms with Crippen LogP contribution in [0.1, 0.15) is 0 Å². The van der Waals surface area contributed by atoms with Gasteiger partial charge in [-0.15, -0.1) is 0 Å². The molecule has 1 amide bonds. The largest absolute Gasteiger partial charge is 0.452 e. The van der Waals surface area contributed by atoms with E-state index in [1.165, 1.54) is 23.8 Å². The first-order valence-electron chi connectivity index (χ1n) is 4.39. The Morgan fingerprint density at radius 1 is 1.53 bits per heavy atom. The SMILES string of the molecule is C=CSc1ccccc1N(C)C(=O)OC. The van der Waals surface area contributed by atoms with Gasteiger partial charge in [0.1, 0.15) is 0 Å². The van der Waals surface area contributed by atoms with Gasteiger partial charge in [-0.1, -0.05) is 30.5 Å². The lowest BCUT2D eigenvalue weighted by molar-refractivity contribution is 0.180. The molecule has 0 atom stereocenters. The number of thioether (sulfide) groups is 1. The van der Waals surface area contributed by atoms with Crippen LogP contribution in [-0.2, 0) is 4.74 Å². The topological polar surface area (TPSA) is 29.5 Å². The first-order valence-corrected chi connectivity index (χ1v) is 5.27. The van der Waals surface area contributed by atoms with Crippen molar-refractivity contribution in [3.05, 3.63) is 36.3 Å². The van der Waals surface area contributed by atoms with Crippen LogP contribution in [0.2, 0.25) is 0 Å². The standard InChI is InChI=1S/C11H13NO2S/c1-4-15-10-8-6-5-7-9(10)12(2)11(13)14-3/h4-8H,1H2,2-3H3. The first kappa shape index (κ1) is 11.7. The molecule has 0 spiro atoms. The van der Waals surface area contributed by atoms with Crippen LogP contribution in [0.4, 0.5) is 10.5 Å². The molecule has 0 unspecified atom stereocenters. The fourth-order valence-electron chi connectivity index (χ4n) is 1.16. The lowest BCUT2D eigenvalue weighted by Crippen LogP contribution is -2.26. The normalized spacial score (nSPS) is 9.47. The molecule has 0 aliphatic carbocycles. The fourth-order valence-corrected chi connectivity index (χ4v) is 1.82. The third-order valence-electron chi connectivity index (χ3n) is 1.89. The van der Waals surface area contributed by atoms with Gasteiger partial charge in [0.25, 0.3) is 0 Å². The number of methoxy groups -OCH3 is 1. The second kappa shape index (κ2) is 5.46. The number of carbonyl (C=O) groups is 1. The van der Waals surface area contributed by atoms with Crippen molar-refractivity contribution in [3.8, 4) is 0 Å².